The third kappa shape index (κ3) is 2.22. The average molecular weight is 320 g/mol. The summed E-state index contributed by atoms with van der Waals surface area (Å²) in [5.41, 5.74) is 2.73. The lowest BCUT2D eigenvalue weighted by Crippen LogP contribution is -2.34. The molecular formula is C12H21IN2. The lowest BCUT2D eigenvalue weighted by molar-refractivity contribution is 0.147. The normalized spacial score (nSPS) is 24.6. The van der Waals surface area contributed by atoms with E-state index in [1.165, 1.54) is 30.3 Å². The van der Waals surface area contributed by atoms with Crippen LogP contribution in [0, 0.1) is 16.2 Å². The highest BCUT2D eigenvalue weighted by atomic mass is 127. The molecule has 3 heteroatoms. The summed E-state index contributed by atoms with van der Waals surface area (Å²) in [5.74, 6) is 0. The molecule has 0 bridgehead atoms. The number of halogens is 1. The molecule has 86 valence electrons. The van der Waals surface area contributed by atoms with Crippen LogP contribution >= 0.6 is 22.9 Å². The lowest BCUT2D eigenvalue weighted by atomic mass is 9.63. The third-order valence-electron chi connectivity index (χ3n) is 4.18. The zero-order valence-corrected chi connectivity index (χ0v) is 12.2. The van der Waals surface area contributed by atoms with Gasteiger partial charge in [-0.1, -0.05) is 27.7 Å². The van der Waals surface area contributed by atoms with Crippen LogP contribution in [0.2, 0.25) is 0 Å². The fourth-order valence-electron chi connectivity index (χ4n) is 2.26. The van der Waals surface area contributed by atoms with Crippen molar-refractivity contribution in [3.63, 3.8) is 0 Å². The van der Waals surface area contributed by atoms with Gasteiger partial charge in [0.15, 0.2) is 0 Å². The molecule has 0 fully saturated rings. The molecular weight excluding hydrogens is 299 g/mol. The van der Waals surface area contributed by atoms with Gasteiger partial charge in [-0.15, -0.1) is 0 Å². The maximum absolute atomic E-state index is 7.63. The smallest absolute Gasteiger partial charge is 0.0557 e. The molecule has 0 heterocycles. The second-order valence-electron chi connectivity index (χ2n) is 5.49. The Hall–Kier alpha value is -0.0600. The van der Waals surface area contributed by atoms with Crippen molar-refractivity contribution in [2.24, 2.45) is 10.8 Å². The van der Waals surface area contributed by atoms with E-state index < -0.39 is 0 Å². The van der Waals surface area contributed by atoms with Crippen molar-refractivity contribution in [1.82, 2.24) is 3.53 Å². The van der Waals surface area contributed by atoms with Crippen molar-refractivity contribution < 1.29 is 0 Å². The number of nitrogens with one attached hydrogen (secondary N) is 2. The summed E-state index contributed by atoms with van der Waals surface area (Å²) in [6.07, 6.45) is 5.03. The van der Waals surface area contributed by atoms with Gasteiger partial charge >= 0.3 is 0 Å². The summed E-state index contributed by atoms with van der Waals surface area (Å²) >= 11 is 2.18. The van der Waals surface area contributed by atoms with E-state index in [1.54, 1.807) is 0 Å². The molecule has 0 saturated carbocycles. The molecule has 0 aromatic rings. The van der Waals surface area contributed by atoms with Gasteiger partial charge in [-0.2, -0.15) is 0 Å². The van der Waals surface area contributed by atoms with Crippen molar-refractivity contribution in [2.45, 2.75) is 47.0 Å². The molecule has 0 atom stereocenters. The summed E-state index contributed by atoms with van der Waals surface area (Å²) in [7, 11) is 0. The highest BCUT2D eigenvalue weighted by molar-refractivity contribution is 14.1. The summed E-state index contributed by atoms with van der Waals surface area (Å²) in [5, 5.41) is 7.63. The van der Waals surface area contributed by atoms with Gasteiger partial charge in [-0.05, 0) is 35.7 Å². The van der Waals surface area contributed by atoms with Gasteiger partial charge in [0.1, 0.15) is 0 Å². The van der Waals surface area contributed by atoms with E-state index in [4.69, 9.17) is 5.41 Å². The quantitative estimate of drug-likeness (QED) is 0.449. The maximum atomic E-state index is 7.63. The zero-order chi connectivity index (χ0) is 11.7. The Kier molecular flexibility index (Phi) is 3.85. The molecule has 0 aromatic carbocycles. The first-order chi connectivity index (χ1) is 6.86. The molecule has 0 amide bonds. The van der Waals surface area contributed by atoms with Gasteiger partial charge in [0.2, 0.25) is 0 Å². The van der Waals surface area contributed by atoms with Crippen molar-refractivity contribution in [2.75, 3.05) is 0 Å². The van der Waals surface area contributed by atoms with Gasteiger partial charge in [-0.25, -0.2) is 0 Å². The molecule has 1 rings (SSSR count). The molecule has 1 aliphatic rings. The van der Waals surface area contributed by atoms with Crippen LogP contribution in [0.1, 0.15) is 47.0 Å². The minimum atomic E-state index is 0.0682. The minimum Gasteiger partial charge on any atom is -0.332 e. The second-order valence-corrected chi connectivity index (χ2v) is 6.03. The summed E-state index contributed by atoms with van der Waals surface area (Å²) in [4.78, 5) is 0. The van der Waals surface area contributed by atoms with Crippen LogP contribution in [-0.2, 0) is 0 Å². The molecule has 0 saturated heterocycles. The van der Waals surface area contributed by atoms with Crippen molar-refractivity contribution in [3.05, 3.63) is 11.3 Å². The van der Waals surface area contributed by atoms with E-state index in [9.17, 15) is 0 Å². The molecule has 2 nitrogen and oxygen atoms in total. The topological polar surface area (TPSA) is 35.9 Å². The van der Waals surface area contributed by atoms with Gasteiger partial charge in [-0.3, -0.25) is 0 Å². The maximum Gasteiger partial charge on any atom is 0.0557 e. The highest BCUT2D eigenvalue weighted by Crippen LogP contribution is 2.50. The second kappa shape index (κ2) is 4.44. The Morgan fingerprint density at radius 3 is 2.40 bits per heavy atom. The highest BCUT2D eigenvalue weighted by Gasteiger charge is 2.41. The van der Waals surface area contributed by atoms with Crippen molar-refractivity contribution in [1.29, 1.82) is 5.41 Å². The van der Waals surface area contributed by atoms with Crippen molar-refractivity contribution >= 4 is 29.1 Å². The Bertz CT molecular complexity index is 290. The van der Waals surface area contributed by atoms with E-state index >= 15 is 0 Å². The monoisotopic (exact) mass is 320 g/mol. The molecule has 2 N–H and O–H groups in total. The Balaban J connectivity index is 3.27. The SMILES string of the molecule is CC1(C)CCCC(NI)=C(C=N)C1(C)C. The Morgan fingerprint density at radius 1 is 1.33 bits per heavy atom. The van der Waals surface area contributed by atoms with E-state index in [0.717, 1.165) is 6.42 Å². The van der Waals surface area contributed by atoms with Crippen molar-refractivity contribution in [3.8, 4) is 0 Å². The van der Waals surface area contributed by atoms with Crippen LogP contribution in [0.4, 0.5) is 0 Å². The Morgan fingerprint density at radius 2 is 1.93 bits per heavy atom. The fraction of sp³-hybridized carbons (Fsp3) is 0.750. The molecule has 0 aliphatic heterocycles. The van der Waals surface area contributed by atoms with Crippen LogP contribution < -0.4 is 3.53 Å². The lowest BCUT2D eigenvalue weighted by Gasteiger charge is -2.41. The molecule has 0 aromatic heterocycles. The molecule has 0 spiro atoms. The summed E-state index contributed by atoms with van der Waals surface area (Å²) in [6, 6.07) is 0. The van der Waals surface area contributed by atoms with Gasteiger partial charge in [0, 0.05) is 11.9 Å². The van der Waals surface area contributed by atoms with Crippen LogP contribution in [-0.4, -0.2) is 6.21 Å². The summed E-state index contributed by atoms with van der Waals surface area (Å²) in [6.45, 7) is 9.14. The fourth-order valence-corrected chi connectivity index (χ4v) is 2.82. The van der Waals surface area contributed by atoms with Gasteiger partial charge in [0.05, 0.1) is 22.9 Å². The first kappa shape index (κ1) is 13.0. The molecule has 0 radical (unpaired) electrons. The zero-order valence-electron chi connectivity index (χ0n) is 10.1. The van der Waals surface area contributed by atoms with E-state index in [-0.39, 0.29) is 10.8 Å². The first-order valence-electron chi connectivity index (χ1n) is 5.47. The predicted octanol–water partition coefficient (Wildman–Crippen LogP) is 4.07. The van der Waals surface area contributed by atoms with Gasteiger partial charge in [0.25, 0.3) is 0 Å². The molecule has 1 aliphatic carbocycles. The van der Waals surface area contributed by atoms with Crippen LogP contribution in [0.15, 0.2) is 11.3 Å². The van der Waals surface area contributed by atoms with Gasteiger partial charge < -0.3 is 8.94 Å². The number of rotatable bonds is 2. The molecule has 15 heavy (non-hydrogen) atoms. The number of hydrogen-bond donors (Lipinski definition) is 2. The van der Waals surface area contributed by atoms with E-state index in [0.29, 0.717) is 0 Å². The third-order valence-corrected chi connectivity index (χ3v) is 4.83. The molecule has 0 unspecified atom stereocenters. The van der Waals surface area contributed by atoms with Crippen LogP contribution in [0.25, 0.3) is 0 Å². The van der Waals surface area contributed by atoms with Crippen LogP contribution in [0.3, 0.4) is 0 Å². The summed E-state index contributed by atoms with van der Waals surface area (Å²) < 4.78 is 3.24. The largest absolute Gasteiger partial charge is 0.332 e. The standard InChI is InChI=1S/C12H21IN2/c1-11(2)7-5-6-10(15-13)9(8-14)12(11,3)4/h8,14-15H,5-7H2,1-4H3. The number of allylic oxidation sites excluding steroid dienone is 2. The minimum absolute atomic E-state index is 0.0682. The Labute approximate surface area is 107 Å². The first-order valence-corrected chi connectivity index (χ1v) is 6.55. The van der Waals surface area contributed by atoms with Crippen LogP contribution in [0.5, 0.6) is 0 Å². The van der Waals surface area contributed by atoms with E-state index in [1.807, 2.05) is 0 Å². The average Bonchev–Trinajstić information content (AvgIpc) is 2.22. The number of hydrogen-bond acceptors (Lipinski definition) is 2. The van der Waals surface area contributed by atoms with E-state index in [2.05, 4.69) is 54.1 Å². The predicted molar refractivity (Wildman–Crippen MR) is 74.4 cm³/mol.